The minimum absolute atomic E-state index is 0.357. The topological polar surface area (TPSA) is 85.3 Å². The normalized spacial score (nSPS) is 35.7. The number of esters is 1. The van der Waals surface area contributed by atoms with Crippen molar-refractivity contribution in [2.24, 2.45) is 5.92 Å². The van der Waals surface area contributed by atoms with Crippen molar-refractivity contribution in [1.82, 2.24) is 4.90 Å². The monoisotopic (exact) mass is 327 g/mol. The van der Waals surface area contributed by atoms with Gasteiger partial charge in [-0.3, -0.25) is 14.5 Å². The summed E-state index contributed by atoms with van der Waals surface area (Å²) in [6, 6.07) is -1.56. The van der Waals surface area contributed by atoms with Gasteiger partial charge in [-0.2, -0.15) is 0 Å². The van der Waals surface area contributed by atoms with E-state index in [0.717, 1.165) is 12.8 Å². The zero-order chi connectivity index (χ0) is 16.4. The number of hydrogen-bond acceptors (Lipinski definition) is 6. The molecule has 7 nitrogen and oxygen atoms in total. The van der Waals surface area contributed by atoms with Gasteiger partial charge in [0, 0.05) is 6.54 Å². The average Bonchev–Trinajstić information content (AvgIpc) is 2.89. The third kappa shape index (κ3) is 3.22. The molecular formula is C16H25NO6. The Morgan fingerprint density at radius 1 is 1.09 bits per heavy atom. The van der Waals surface area contributed by atoms with Crippen LogP contribution in [0.5, 0.6) is 0 Å². The first-order valence-electron chi connectivity index (χ1n) is 8.43. The molecule has 0 spiro atoms. The maximum absolute atomic E-state index is 12.3. The number of aliphatic carboxylic acids is 1. The zero-order valence-electron chi connectivity index (χ0n) is 13.5. The molecule has 0 aromatic rings. The van der Waals surface area contributed by atoms with E-state index < -0.39 is 36.2 Å². The van der Waals surface area contributed by atoms with E-state index in [1.165, 1.54) is 26.4 Å². The van der Waals surface area contributed by atoms with Crippen LogP contribution in [0.1, 0.15) is 32.1 Å². The van der Waals surface area contributed by atoms with Gasteiger partial charge in [0.1, 0.15) is 24.3 Å². The maximum atomic E-state index is 12.3. The Bertz CT molecular complexity index is 450. The highest BCUT2D eigenvalue weighted by Gasteiger charge is 2.58. The van der Waals surface area contributed by atoms with Crippen molar-refractivity contribution in [1.29, 1.82) is 0 Å². The number of carbonyl (C=O) groups is 2. The Balaban J connectivity index is 1.85. The van der Waals surface area contributed by atoms with E-state index in [1.807, 2.05) is 0 Å². The lowest BCUT2D eigenvalue weighted by atomic mass is 9.88. The lowest BCUT2D eigenvalue weighted by molar-refractivity contribution is -0.163. The second-order valence-electron chi connectivity index (χ2n) is 6.62. The standard InChI is InChI=1S/C16H25NO6/c1-21-16(20)12-14-13(22-7-8-23-14)11(15(18)19)17(12)9-10-5-3-2-4-6-10/h10-14H,2-9H2,1H3,(H,18,19). The molecule has 1 N–H and O–H groups in total. The number of carboxylic acids is 1. The van der Waals surface area contributed by atoms with Crippen molar-refractivity contribution < 1.29 is 28.9 Å². The maximum Gasteiger partial charge on any atom is 0.325 e. The third-order valence-corrected chi connectivity index (χ3v) is 5.25. The van der Waals surface area contributed by atoms with Crippen LogP contribution in [0, 0.1) is 5.92 Å². The van der Waals surface area contributed by atoms with Crippen molar-refractivity contribution in [3.8, 4) is 0 Å². The molecule has 0 radical (unpaired) electrons. The van der Waals surface area contributed by atoms with Crippen LogP contribution in [0.2, 0.25) is 0 Å². The molecule has 0 amide bonds. The van der Waals surface area contributed by atoms with Crippen LogP contribution in [0.4, 0.5) is 0 Å². The highest BCUT2D eigenvalue weighted by Crippen LogP contribution is 2.35. The molecule has 1 saturated carbocycles. The Kier molecular flexibility index (Phi) is 5.18. The van der Waals surface area contributed by atoms with E-state index in [0.29, 0.717) is 25.7 Å². The Hall–Kier alpha value is -1.18. The van der Waals surface area contributed by atoms with Crippen molar-refractivity contribution >= 4 is 11.9 Å². The first kappa shape index (κ1) is 16.7. The Labute approximate surface area is 135 Å². The number of likely N-dealkylation sites (tertiary alicyclic amines) is 1. The number of ether oxygens (including phenoxy) is 3. The van der Waals surface area contributed by atoms with Gasteiger partial charge < -0.3 is 19.3 Å². The molecule has 23 heavy (non-hydrogen) atoms. The predicted molar refractivity (Wildman–Crippen MR) is 80.0 cm³/mol. The summed E-state index contributed by atoms with van der Waals surface area (Å²) in [4.78, 5) is 25.9. The van der Waals surface area contributed by atoms with E-state index >= 15 is 0 Å². The van der Waals surface area contributed by atoms with E-state index in [9.17, 15) is 14.7 Å². The van der Waals surface area contributed by atoms with E-state index in [4.69, 9.17) is 14.2 Å². The second-order valence-corrected chi connectivity index (χ2v) is 6.62. The third-order valence-electron chi connectivity index (χ3n) is 5.25. The van der Waals surface area contributed by atoms with Crippen molar-refractivity contribution in [3.05, 3.63) is 0 Å². The van der Waals surface area contributed by atoms with Gasteiger partial charge in [0.15, 0.2) is 0 Å². The van der Waals surface area contributed by atoms with E-state index in [-0.39, 0.29) is 0 Å². The van der Waals surface area contributed by atoms with Crippen molar-refractivity contribution in [2.45, 2.75) is 56.4 Å². The first-order chi connectivity index (χ1) is 11.1. The van der Waals surface area contributed by atoms with Crippen LogP contribution in [0.3, 0.4) is 0 Å². The fourth-order valence-electron chi connectivity index (χ4n) is 4.22. The number of carbonyl (C=O) groups excluding carboxylic acids is 1. The molecule has 130 valence electrons. The number of carboxylic acid groups (broad SMARTS) is 1. The Morgan fingerprint density at radius 2 is 1.70 bits per heavy atom. The molecule has 7 heteroatoms. The summed E-state index contributed by atoms with van der Waals surface area (Å²) in [5.74, 6) is -0.990. The Morgan fingerprint density at radius 3 is 2.26 bits per heavy atom. The van der Waals surface area contributed by atoms with Crippen LogP contribution in [-0.2, 0) is 23.8 Å². The molecule has 4 unspecified atom stereocenters. The molecule has 3 fully saturated rings. The highest BCUT2D eigenvalue weighted by molar-refractivity contribution is 5.82. The molecule has 0 bridgehead atoms. The van der Waals surface area contributed by atoms with Gasteiger partial charge in [0.25, 0.3) is 0 Å². The summed E-state index contributed by atoms with van der Waals surface area (Å²) in [7, 11) is 1.33. The molecule has 2 heterocycles. The van der Waals surface area contributed by atoms with Gasteiger partial charge in [0.2, 0.25) is 0 Å². The van der Waals surface area contributed by atoms with Crippen molar-refractivity contribution in [2.75, 3.05) is 26.9 Å². The fraction of sp³-hybridized carbons (Fsp3) is 0.875. The van der Waals surface area contributed by atoms with Gasteiger partial charge in [0.05, 0.1) is 20.3 Å². The number of fused-ring (bicyclic) bond motifs is 1. The summed E-state index contributed by atoms with van der Waals surface area (Å²) >= 11 is 0. The molecule has 0 aromatic carbocycles. The van der Waals surface area contributed by atoms with Gasteiger partial charge in [-0.15, -0.1) is 0 Å². The summed E-state index contributed by atoms with van der Waals surface area (Å²) < 4.78 is 16.3. The van der Waals surface area contributed by atoms with E-state index in [2.05, 4.69) is 0 Å². The summed E-state index contributed by atoms with van der Waals surface area (Å²) in [6.07, 6.45) is 4.53. The predicted octanol–water partition coefficient (Wildman–Crippen LogP) is 0.661. The van der Waals surface area contributed by atoms with Gasteiger partial charge in [-0.1, -0.05) is 19.3 Å². The largest absolute Gasteiger partial charge is 0.480 e. The molecule has 4 atom stereocenters. The quantitative estimate of drug-likeness (QED) is 0.759. The van der Waals surface area contributed by atoms with Crippen LogP contribution in [0.15, 0.2) is 0 Å². The smallest absolute Gasteiger partial charge is 0.325 e. The number of rotatable bonds is 4. The molecule has 3 aliphatic rings. The lowest BCUT2D eigenvalue weighted by Crippen LogP contribution is -2.49. The number of nitrogens with zero attached hydrogens (tertiary/aromatic N) is 1. The summed E-state index contributed by atoms with van der Waals surface area (Å²) in [5.41, 5.74) is 0. The second kappa shape index (κ2) is 7.15. The molecule has 2 saturated heterocycles. The van der Waals surface area contributed by atoms with Crippen LogP contribution in [0.25, 0.3) is 0 Å². The van der Waals surface area contributed by atoms with Gasteiger partial charge >= 0.3 is 11.9 Å². The van der Waals surface area contributed by atoms with Crippen LogP contribution < -0.4 is 0 Å². The van der Waals surface area contributed by atoms with E-state index in [1.54, 1.807) is 4.90 Å². The van der Waals surface area contributed by atoms with Gasteiger partial charge in [-0.25, -0.2) is 0 Å². The average molecular weight is 327 g/mol. The van der Waals surface area contributed by atoms with Crippen molar-refractivity contribution in [3.63, 3.8) is 0 Å². The lowest BCUT2D eigenvalue weighted by Gasteiger charge is -2.32. The van der Waals surface area contributed by atoms with Gasteiger partial charge in [-0.05, 0) is 18.8 Å². The molecule has 1 aliphatic carbocycles. The first-order valence-corrected chi connectivity index (χ1v) is 8.43. The minimum Gasteiger partial charge on any atom is -0.480 e. The molecule has 3 rings (SSSR count). The molecule has 2 aliphatic heterocycles. The highest BCUT2D eigenvalue weighted by atomic mass is 16.6. The SMILES string of the molecule is COC(=O)C1C2OCCOC2C(C(=O)O)N1CC1CCCCC1. The molecule has 0 aromatic heterocycles. The fourth-order valence-corrected chi connectivity index (χ4v) is 4.22. The summed E-state index contributed by atoms with van der Waals surface area (Å²) in [5, 5.41) is 9.69. The number of methoxy groups -OCH3 is 1. The van der Waals surface area contributed by atoms with Crippen LogP contribution >= 0.6 is 0 Å². The van der Waals surface area contributed by atoms with Crippen LogP contribution in [-0.4, -0.2) is 73.1 Å². The minimum atomic E-state index is -0.965. The zero-order valence-corrected chi connectivity index (χ0v) is 13.5. The summed E-state index contributed by atoms with van der Waals surface area (Å²) in [6.45, 7) is 1.31. The number of hydrogen-bond donors (Lipinski definition) is 1. The molecular weight excluding hydrogens is 302 g/mol.